The van der Waals surface area contributed by atoms with Crippen molar-refractivity contribution in [2.75, 3.05) is 26.2 Å². The third-order valence-corrected chi connectivity index (χ3v) is 6.36. The molecule has 3 heterocycles. The fourth-order valence-corrected chi connectivity index (χ4v) is 4.87. The molecule has 0 amide bonds. The summed E-state index contributed by atoms with van der Waals surface area (Å²) in [5.41, 5.74) is 8.11. The Morgan fingerprint density at radius 2 is 1.83 bits per heavy atom. The summed E-state index contributed by atoms with van der Waals surface area (Å²) in [6, 6.07) is 11.6. The Kier molecular flexibility index (Phi) is 4.94. The molecule has 1 aromatic carbocycles. The third-order valence-electron chi connectivity index (χ3n) is 6.36. The van der Waals surface area contributed by atoms with E-state index < -0.39 is 0 Å². The number of rotatable bonds is 3. The highest BCUT2D eigenvalue weighted by Gasteiger charge is 2.32. The van der Waals surface area contributed by atoms with Crippen molar-refractivity contribution in [3.05, 3.63) is 82.7 Å². The maximum Gasteiger partial charge on any atom is 0.0947 e. The second-order valence-electron chi connectivity index (χ2n) is 8.50. The summed E-state index contributed by atoms with van der Waals surface area (Å²) in [7, 11) is 2.03. The third kappa shape index (κ3) is 3.72. The van der Waals surface area contributed by atoms with Crippen molar-refractivity contribution in [2.45, 2.75) is 32.4 Å². The molecule has 5 nitrogen and oxygen atoms in total. The molecule has 5 heteroatoms. The second-order valence-corrected chi connectivity index (χ2v) is 8.50. The largest absolute Gasteiger partial charge is 0.340 e. The van der Waals surface area contributed by atoms with E-state index in [0.29, 0.717) is 0 Å². The lowest BCUT2D eigenvalue weighted by Crippen LogP contribution is -2.47. The number of piperazine rings is 1. The van der Waals surface area contributed by atoms with Gasteiger partial charge in [0.1, 0.15) is 0 Å². The summed E-state index contributed by atoms with van der Waals surface area (Å²) in [5.74, 6) is 0. The Labute approximate surface area is 173 Å². The number of benzene rings is 1. The van der Waals surface area contributed by atoms with E-state index in [1.807, 2.05) is 24.1 Å². The minimum absolute atomic E-state index is 0.265. The molecule has 0 saturated carbocycles. The summed E-state index contributed by atoms with van der Waals surface area (Å²) in [5, 5.41) is 0. The SMILES string of the molecule is Cc1ccc2c(c1)CCc1cccnc1C2N1CCN(Cc2cn(C)cn2)CC1. The normalized spacial score (nSPS) is 20.1. The van der Waals surface area contributed by atoms with E-state index in [-0.39, 0.29) is 6.04 Å². The number of aryl methyl sites for hydroxylation is 4. The minimum Gasteiger partial charge on any atom is -0.340 e. The first kappa shape index (κ1) is 18.5. The van der Waals surface area contributed by atoms with Crippen LogP contribution >= 0.6 is 0 Å². The molecule has 1 unspecified atom stereocenters. The number of imidazole rings is 1. The van der Waals surface area contributed by atoms with Gasteiger partial charge in [-0.2, -0.15) is 0 Å². The summed E-state index contributed by atoms with van der Waals surface area (Å²) in [6.07, 6.45) is 8.15. The first-order valence-electron chi connectivity index (χ1n) is 10.6. The van der Waals surface area contributed by atoms with E-state index in [9.17, 15) is 0 Å². The lowest BCUT2D eigenvalue weighted by Gasteiger charge is -2.39. The van der Waals surface area contributed by atoms with Crippen molar-refractivity contribution in [1.29, 1.82) is 0 Å². The molecule has 1 atom stereocenters. The molecule has 1 aliphatic heterocycles. The monoisotopic (exact) mass is 387 g/mol. The van der Waals surface area contributed by atoms with Crippen LogP contribution in [0.25, 0.3) is 0 Å². The van der Waals surface area contributed by atoms with Gasteiger partial charge in [-0.3, -0.25) is 14.8 Å². The van der Waals surface area contributed by atoms with Crippen LogP contribution in [-0.4, -0.2) is 50.5 Å². The molecule has 0 N–H and O–H groups in total. The zero-order valence-electron chi connectivity index (χ0n) is 17.4. The predicted molar refractivity (Wildman–Crippen MR) is 115 cm³/mol. The van der Waals surface area contributed by atoms with Crippen molar-refractivity contribution in [3.8, 4) is 0 Å². The van der Waals surface area contributed by atoms with E-state index >= 15 is 0 Å². The first-order valence-corrected chi connectivity index (χ1v) is 10.6. The van der Waals surface area contributed by atoms with Crippen LogP contribution in [0.1, 0.15) is 39.7 Å². The van der Waals surface area contributed by atoms with Gasteiger partial charge in [-0.25, -0.2) is 4.98 Å². The van der Waals surface area contributed by atoms with Crippen molar-refractivity contribution in [1.82, 2.24) is 24.3 Å². The van der Waals surface area contributed by atoms with Crippen LogP contribution in [0.15, 0.2) is 49.1 Å². The van der Waals surface area contributed by atoms with Crippen molar-refractivity contribution in [3.63, 3.8) is 0 Å². The van der Waals surface area contributed by atoms with Crippen molar-refractivity contribution in [2.24, 2.45) is 7.05 Å². The van der Waals surface area contributed by atoms with Crippen LogP contribution < -0.4 is 0 Å². The van der Waals surface area contributed by atoms with Gasteiger partial charge in [-0.05, 0) is 42.5 Å². The van der Waals surface area contributed by atoms with Crippen LogP contribution in [0.2, 0.25) is 0 Å². The Bertz CT molecular complexity index is 1000. The quantitative estimate of drug-likeness (QED) is 0.692. The van der Waals surface area contributed by atoms with Gasteiger partial charge in [-0.1, -0.05) is 29.8 Å². The fourth-order valence-electron chi connectivity index (χ4n) is 4.87. The van der Waals surface area contributed by atoms with Gasteiger partial charge in [0.25, 0.3) is 0 Å². The Morgan fingerprint density at radius 1 is 1.00 bits per heavy atom. The zero-order chi connectivity index (χ0) is 19.8. The molecular weight excluding hydrogens is 358 g/mol. The number of fused-ring (bicyclic) bond motifs is 2. The minimum atomic E-state index is 0.265. The van der Waals surface area contributed by atoms with Gasteiger partial charge in [-0.15, -0.1) is 0 Å². The highest BCUT2D eigenvalue weighted by Crippen LogP contribution is 2.36. The molecule has 2 aliphatic rings. The van der Waals surface area contributed by atoms with Gasteiger partial charge in [0.15, 0.2) is 0 Å². The standard InChI is InChI=1S/C24H29N5/c1-18-5-8-22-20(14-18)7-6-19-4-3-9-25-23(19)24(22)29-12-10-28(11-13-29)16-21-15-27(2)17-26-21/h3-5,8-9,14-15,17,24H,6-7,10-13,16H2,1-2H3. The van der Waals surface area contributed by atoms with E-state index in [0.717, 1.165) is 51.3 Å². The van der Waals surface area contributed by atoms with Gasteiger partial charge >= 0.3 is 0 Å². The Balaban J connectivity index is 1.40. The molecule has 0 spiro atoms. The molecule has 1 fully saturated rings. The molecule has 5 rings (SSSR count). The maximum absolute atomic E-state index is 4.88. The molecule has 0 radical (unpaired) electrons. The molecule has 0 bridgehead atoms. The summed E-state index contributed by atoms with van der Waals surface area (Å²) in [4.78, 5) is 14.5. The van der Waals surface area contributed by atoms with Crippen LogP contribution in [0, 0.1) is 6.92 Å². The lowest BCUT2D eigenvalue weighted by molar-refractivity contribution is 0.102. The van der Waals surface area contributed by atoms with Gasteiger partial charge in [0.2, 0.25) is 0 Å². The molecule has 2 aromatic heterocycles. The molecule has 1 aliphatic carbocycles. The molecule has 29 heavy (non-hydrogen) atoms. The Hall–Kier alpha value is -2.50. The first-order chi connectivity index (χ1) is 14.2. The summed E-state index contributed by atoms with van der Waals surface area (Å²) < 4.78 is 2.03. The zero-order valence-corrected chi connectivity index (χ0v) is 17.4. The highest BCUT2D eigenvalue weighted by atomic mass is 15.3. The average molecular weight is 388 g/mol. The van der Waals surface area contributed by atoms with Gasteiger partial charge < -0.3 is 4.57 Å². The van der Waals surface area contributed by atoms with E-state index in [1.54, 1.807) is 0 Å². The number of hydrogen-bond donors (Lipinski definition) is 0. The maximum atomic E-state index is 4.88. The topological polar surface area (TPSA) is 37.2 Å². The van der Waals surface area contributed by atoms with Crippen molar-refractivity contribution < 1.29 is 0 Å². The lowest BCUT2D eigenvalue weighted by atomic mass is 9.94. The average Bonchev–Trinajstić information content (AvgIpc) is 3.06. The smallest absolute Gasteiger partial charge is 0.0947 e. The van der Waals surface area contributed by atoms with Gasteiger partial charge in [0, 0.05) is 52.2 Å². The number of aromatic nitrogens is 3. The predicted octanol–water partition coefficient (Wildman–Crippen LogP) is 3.13. The summed E-state index contributed by atoms with van der Waals surface area (Å²) in [6.45, 7) is 7.38. The van der Waals surface area contributed by atoms with E-state index in [2.05, 4.69) is 58.2 Å². The van der Waals surface area contributed by atoms with E-state index in [4.69, 9.17) is 4.98 Å². The number of hydrogen-bond acceptors (Lipinski definition) is 4. The second kappa shape index (κ2) is 7.73. The number of pyridine rings is 1. The van der Waals surface area contributed by atoms with Crippen LogP contribution in [0.4, 0.5) is 0 Å². The van der Waals surface area contributed by atoms with Crippen LogP contribution in [0.3, 0.4) is 0 Å². The summed E-state index contributed by atoms with van der Waals surface area (Å²) >= 11 is 0. The number of nitrogens with zero attached hydrogens (tertiary/aromatic N) is 5. The van der Waals surface area contributed by atoms with Gasteiger partial charge in [0.05, 0.1) is 23.8 Å². The molecule has 150 valence electrons. The van der Waals surface area contributed by atoms with E-state index in [1.165, 1.54) is 27.9 Å². The van der Waals surface area contributed by atoms with Crippen LogP contribution in [-0.2, 0) is 26.4 Å². The highest BCUT2D eigenvalue weighted by molar-refractivity contribution is 5.43. The molecular formula is C24H29N5. The van der Waals surface area contributed by atoms with Crippen LogP contribution in [0.5, 0.6) is 0 Å². The molecule has 1 saturated heterocycles. The fraction of sp³-hybridized carbons (Fsp3) is 0.417. The van der Waals surface area contributed by atoms with Crippen molar-refractivity contribution >= 4 is 0 Å². The Morgan fingerprint density at radius 3 is 2.62 bits per heavy atom. The molecule has 3 aromatic rings.